The standard InChI is InChI=1S/C13H17F3N2O2S/c1-18-8-6-10(7-9-18)17-21(19,20)12-5-3-2-4-11(12)13(14,15)16/h2-5,10,17H,6-9H2,1H3. The van der Waals surface area contributed by atoms with Crippen molar-refractivity contribution in [2.45, 2.75) is 30.0 Å². The Morgan fingerprint density at radius 2 is 1.76 bits per heavy atom. The molecule has 0 saturated carbocycles. The van der Waals surface area contributed by atoms with E-state index in [1.807, 2.05) is 7.05 Å². The maximum Gasteiger partial charge on any atom is 0.417 e. The Bertz CT molecular complexity index is 594. The molecule has 0 amide bonds. The molecule has 1 aliphatic heterocycles. The first-order valence-corrected chi connectivity index (χ1v) is 8.05. The highest BCUT2D eigenvalue weighted by Gasteiger charge is 2.37. The normalized spacial score (nSPS) is 18.9. The van der Waals surface area contributed by atoms with Crippen molar-refractivity contribution in [3.8, 4) is 0 Å². The zero-order valence-electron chi connectivity index (χ0n) is 11.5. The van der Waals surface area contributed by atoms with Gasteiger partial charge in [-0.25, -0.2) is 13.1 Å². The number of nitrogens with zero attached hydrogens (tertiary/aromatic N) is 1. The van der Waals surface area contributed by atoms with E-state index >= 15 is 0 Å². The lowest BCUT2D eigenvalue weighted by Crippen LogP contribution is -2.43. The van der Waals surface area contributed by atoms with Gasteiger partial charge in [-0.15, -0.1) is 0 Å². The van der Waals surface area contributed by atoms with E-state index in [1.54, 1.807) is 0 Å². The molecule has 1 fully saturated rings. The monoisotopic (exact) mass is 322 g/mol. The summed E-state index contributed by atoms with van der Waals surface area (Å²) in [6.45, 7) is 1.43. The molecule has 1 aliphatic rings. The lowest BCUT2D eigenvalue weighted by Gasteiger charge is -2.29. The zero-order chi connectivity index (χ0) is 15.7. The molecular weight excluding hydrogens is 305 g/mol. The third-order valence-corrected chi connectivity index (χ3v) is 5.10. The first kappa shape index (κ1) is 16.3. The molecule has 0 aliphatic carbocycles. The number of alkyl halides is 3. The molecule has 1 N–H and O–H groups in total. The fraction of sp³-hybridized carbons (Fsp3) is 0.538. The van der Waals surface area contributed by atoms with E-state index in [0.29, 0.717) is 25.9 Å². The highest BCUT2D eigenvalue weighted by atomic mass is 32.2. The average Bonchev–Trinajstić information content (AvgIpc) is 2.40. The fourth-order valence-corrected chi connectivity index (χ4v) is 3.88. The lowest BCUT2D eigenvalue weighted by atomic mass is 10.1. The van der Waals surface area contributed by atoms with Crippen LogP contribution in [0.5, 0.6) is 0 Å². The third kappa shape index (κ3) is 3.96. The molecule has 118 valence electrons. The Morgan fingerprint density at radius 3 is 2.33 bits per heavy atom. The molecule has 0 unspecified atom stereocenters. The van der Waals surface area contributed by atoms with E-state index in [9.17, 15) is 21.6 Å². The van der Waals surface area contributed by atoms with E-state index in [0.717, 1.165) is 12.1 Å². The van der Waals surface area contributed by atoms with Crippen LogP contribution in [0.2, 0.25) is 0 Å². The summed E-state index contributed by atoms with van der Waals surface area (Å²) >= 11 is 0. The predicted octanol–water partition coefficient (Wildman–Crippen LogP) is 2.08. The van der Waals surface area contributed by atoms with Gasteiger partial charge in [-0.1, -0.05) is 12.1 Å². The number of piperidine rings is 1. The summed E-state index contributed by atoms with van der Waals surface area (Å²) in [5.74, 6) is 0. The van der Waals surface area contributed by atoms with Gasteiger partial charge in [0.1, 0.15) is 0 Å². The predicted molar refractivity (Wildman–Crippen MR) is 72.3 cm³/mol. The number of hydrogen-bond donors (Lipinski definition) is 1. The summed E-state index contributed by atoms with van der Waals surface area (Å²) in [5.41, 5.74) is -1.13. The third-order valence-electron chi connectivity index (χ3n) is 3.52. The fourth-order valence-electron chi connectivity index (χ4n) is 2.34. The van der Waals surface area contributed by atoms with Gasteiger partial charge in [0.15, 0.2) is 0 Å². The second kappa shape index (κ2) is 5.94. The SMILES string of the molecule is CN1CCC(NS(=O)(=O)c2ccccc2C(F)(F)F)CC1. The number of likely N-dealkylation sites (tertiary alicyclic amines) is 1. The summed E-state index contributed by atoms with van der Waals surface area (Å²) in [5, 5.41) is 0. The summed E-state index contributed by atoms with van der Waals surface area (Å²) in [6.07, 6.45) is -3.52. The molecule has 21 heavy (non-hydrogen) atoms. The maximum atomic E-state index is 12.9. The molecule has 4 nitrogen and oxygen atoms in total. The highest BCUT2D eigenvalue weighted by Crippen LogP contribution is 2.34. The summed E-state index contributed by atoms with van der Waals surface area (Å²) in [4.78, 5) is 1.34. The van der Waals surface area contributed by atoms with Gasteiger partial charge in [-0.2, -0.15) is 13.2 Å². The van der Waals surface area contributed by atoms with Crippen molar-refractivity contribution in [1.82, 2.24) is 9.62 Å². The van der Waals surface area contributed by atoms with Crippen LogP contribution in [0, 0.1) is 0 Å². The molecule has 0 radical (unpaired) electrons. The second-order valence-corrected chi connectivity index (χ2v) is 6.88. The van der Waals surface area contributed by atoms with Gasteiger partial charge < -0.3 is 4.90 Å². The molecule has 0 atom stereocenters. The van der Waals surface area contributed by atoms with Crippen LogP contribution in [0.15, 0.2) is 29.2 Å². The van der Waals surface area contributed by atoms with Crippen LogP contribution < -0.4 is 4.72 Å². The van der Waals surface area contributed by atoms with Gasteiger partial charge >= 0.3 is 6.18 Å². The highest BCUT2D eigenvalue weighted by molar-refractivity contribution is 7.89. The molecule has 1 saturated heterocycles. The number of sulfonamides is 1. The van der Waals surface area contributed by atoms with Gasteiger partial charge in [-0.3, -0.25) is 0 Å². The maximum absolute atomic E-state index is 12.9. The van der Waals surface area contributed by atoms with Crippen molar-refractivity contribution >= 4 is 10.0 Å². The minimum Gasteiger partial charge on any atom is -0.306 e. The van der Waals surface area contributed by atoms with Crippen molar-refractivity contribution in [3.05, 3.63) is 29.8 Å². The number of hydrogen-bond acceptors (Lipinski definition) is 3. The Balaban J connectivity index is 2.24. The van der Waals surface area contributed by atoms with Crippen LogP contribution >= 0.6 is 0 Å². The molecule has 2 rings (SSSR count). The van der Waals surface area contributed by atoms with Crippen molar-refractivity contribution in [1.29, 1.82) is 0 Å². The van der Waals surface area contributed by atoms with Crippen LogP contribution in [-0.2, 0) is 16.2 Å². The van der Waals surface area contributed by atoms with Crippen LogP contribution in [-0.4, -0.2) is 39.5 Å². The van der Waals surface area contributed by atoms with Crippen molar-refractivity contribution < 1.29 is 21.6 Å². The molecule has 8 heteroatoms. The summed E-state index contributed by atoms with van der Waals surface area (Å²) < 4.78 is 65.6. The van der Waals surface area contributed by atoms with Crippen LogP contribution in [0.3, 0.4) is 0 Å². The molecule has 0 bridgehead atoms. The van der Waals surface area contributed by atoms with E-state index in [4.69, 9.17) is 0 Å². The summed E-state index contributed by atoms with van der Waals surface area (Å²) in [7, 11) is -2.26. The number of rotatable bonds is 3. The molecular formula is C13H17F3N2O2S. The average molecular weight is 322 g/mol. The molecule has 1 aromatic carbocycles. The second-order valence-electron chi connectivity index (χ2n) is 5.19. The Morgan fingerprint density at radius 1 is 1.19 bits per heavy atom. The van der Waals surface area contributed by atoms with E-state index in [1.165, 1.54) is 12.1 Å². The van der Waals surface area contributed by atoms with Gasteiger partial charge in [0, 0.05) is 6.04 Å². The zero-order valence-corrected chi connectivity index (χ0v) is 12.3. The van der Waals surface area contributed by atoms with Crippen molar-refractivity contribution in [2.24, 2.45) is 0 Å². The van der Waals surface area contributed by atoms with E-state index in [2.05, 4.69) is 9.62 Å². The quantitative estimate of drug-likeness (QED) is 0.927. The number of nitrogens with one attached hydrogen (secondary N) is 1. The van der Waals surface area contributed by atoms with Crippen LogP contribution in [0.25, 0.3) is 0 Å². The number of halogens is 3. The Labute approximate surface area is 122 Å². The molecule has 1 heterocycles. The van der Waals surface area contributed by atoms with Crippen LogP contribution in [0.4, 0.5) is 13.2 Å². The number of benzene rings is 1. The Kier molecular flexibility index (Phi) is 4.60. The smallest absolute Gasteiger partial charge is 0.306 e. The lowest BCUT2D eigenvalue weighted by molar-refractivity contribution is -0.139. The molecule has 0 spiro atoms. The van der Waals surface area contributed by atoms with Crippen molar-refractivity contribution in [2.75, 3.05) is 20.1 Å². The van der Waals surface area contributed by atoms with Crippen LogP contribution in [0.1, 0.15) is 18.4 Å². The molecule has 1 aromatic rings. The van der Waals surface area contributed by atoms with Gasteiger partial charge in [0.2, 0.25) is 10.0 Å². The first-order chi connectivity index (χ1) is 9.70. The molecule has 0 aromatic heterocycles. The minimum absolute atomic E-state index is 0.326. The van der Waals surface area contributed by atoms with E-state index in [-0.39, 0.29) is 6.04 Å². The largest absolute Gasteiger partial charge is 0.417 e. The summed E-state index contributed by atoms with van der Waals surface area (Å²) in [6, 6.07) is 3.91. The Hall–Kier alpha value is -1.12. The van der Waals surface area contributed by atoms with Gasteiger partial charge in [-0.05, 0) is 45.1 Å². The topological polar surface area (TPSA) is 49.4 Å². The minimum atomic E-state index is -4.70. The van der Waals surface area contributed by atoms with Crippen molar-refractivity contribution in [3.63, 3.8) is 0 Å². The first-order valence-electron chi connectivity index (χ1n) is 6.57. The van der Waals surface area contributed by atoms with Gasteiger partial charge in [0.25, 0.3) is 0 Å². The van der Waals surface area contributed by atoms with E-state index < -0.39 is 26.7 Å². The van der Waals surface area contributed by atoms with Gasteiger partial charge in [0.05, 0.1) is 10.5 Å².